The number of phenolic OH excluding ortho intramolecular Hbond substituents is 3. The topological polar surface area (TPSA) is 80.9 Å². The third-order valence-corrected chi connectivity index (χ3v) is 3.90. The van der Waals surface area contributed by atoms with Gasteiger partial charge in [0, 0.05) is 5.56 Å². The Morgan fingerprint density at radius 2 is 1.04 bits per heavy atom. The normalized spacial score (nSPS) is 11.3. The molecule has 3 aromatic rings. The Balaban J connectivity index is 2.32. The molecule has 0 heterocycles. The van der Waals surface area contributed by atoms with Gasteiger partial charge in [0.1, 0.15) is 5.60 Å². The van der Waals surface area contributed by atoms with Gasteiger partial charge in [-0.3, -0.25) is 0 Å². The Kier molecular flexibility index (Phi) is 3.68. The average molecular weight is 308 g/mol. The van der Waals surface area contributed by atoms with Crippen LogP contribution in [0.25, 0.3) is 0 Å². The third-order valence-electron chi connectivity index (χ3n) is 3.90. The first-order valence-corrected chi connectivity index (χ1v) is 7.13. The van der Waals surface area contributed by atoms with E-state index < -0.39 is 22.8 Å². The van der Waals surface area contributed by atoms with Gasteiger partial charge in [0.2, 0.25) is 5.75 Å². The molecule has 4 N–H and O–H groups in total. The van der Waals surface area contributed by atoms with Crippen LogP contribution < -0.4 is 0 Å². The highest BCUT2D eigenvalue weighted by atomic mass is 16.3. The molecular formula is C19H16O4. The van der Waals surface area contributed by atoms with Crippen LogP contribution in [-0.2, 0) is 5.60 Å². The van der Waals surface area contributed by atoms with Gasteiger partial charge in [0.25, 0.3) is 0 Å². The minimum Gasteiger partial charge on any atom is -0.504 e. The highest BCUT2D eigenvalue weighted by Crippen LogP contribution is 2.46. The van der Waals surface area contributed by atoms with Gasteiger partial charge in [-0.25, -0.2) is 0 Å². The lowest BCUT2D eigenvalue weighted by atomic mass is 9.80. The molecule has 0 aliphatic rings. The predicted molar refractivity (Wildman–Crippen MR) is 86.4 cm³/mol. The SMILES string of the molecule is Oc1ccc(C(O)(c2ccccc2)c2ccccc2)c(O)c1O. The molecule has 3 rings (SSSR count). The second-order valence-corrected chi connectivity index (χ2v) is 5.27. The molecule has 0 atom stereocenters. The molecule has 4 nitrogen and oxygen atoms in total. The quantitative estimate of drug-likeness (QED) is 0.443. The van der Waals surface area contributed by atoms with Crippen molar-refractivity contribution in [3.63, 3.8) is 0 Å². The van der Waals surface area contributed by atoms with Crippen molar-refractivity contribution in [2.75, 3.05) is 0 Å². The van der Waals surface area contributed by atoms with Crippen LogP contribution in [0.1, 0.15) is 16.7 Å². The Morgan fingerprint density at radius 3 is 1.52 bits per heavy atom. The molecule has 0 saturated carbocycles. The summed E-state index contributed by atoms with van der Waals surface area (Å²) in [6.07, 6.45) is 0. The van der Waals surface area contributed by atoms with Gasteiger partial charge in [-0.1, -0.05) is 60.7 Å². The first kappa shape index (κ1) is 14.9. The van der Waals surface area contributed by atoms with E-state index in [1.165, 1.54) is 12.1 Å². The van der Waals surface area contributed by atoms with Gasteiger partial charge in [-0.2, -0.15) is 0 Å². The molecule has 0 radical (unpaired) electrons. The summed E-state index contributed by atoms with van der Waals surface area (Å²) in [6.45, 7) is 0. The van der Waals surface area contributed by atoms with E-state index in [1.807, 2.05) is 12.1 Å². The van der Waals surface area contributed by atoms with Crippen LogP contribution in [0.15, 0.2) is 72.8 Å². The summed E-state index contributed by atoms with van der Waals surface area (Å²) in [6, 6.07) is 20.3. The number of hydrogen-bond acceptors (Lipinski definition) is 4. The number of aliphatic hydroxyl groups is 1. The number of hydrogen-bond donors (Lipinski definition) is 4. The van der Waals surface area contributed by atoms with Crippen LogP contribution in [0.5, 0.6) is 17.2 Å². The summed E-state index contributed by atoms with van der Waals surface area (Å²) >= 11 is 0. The van der Waals surface area contributed by atoms with Crippen molar-refractivity contribution in [2.24, 2.45) is 0 Å². The van der Waals surface area contributed by atoms with Crippen molar-refractivity contribution in [1.29, 1.82) is 0 Å². The lowest BCUT2D eigenvalue weighted by Crippen LogP contribution is -2.28. The van der Waals surface area contributed by atoms with Gasteiger partial charge < -0.3 is 20.4 Å². The van der Waals surface area contributed by atoms with Crippen molar-refractivity contribution < 1.29 is 20.4 Å². The van der Waals surface area contributed by atoms with Crippen LogP contribution in [0, 0.1) is 0 Å². The zero-order chi connectivity index (χ0) is 16.4. The molecular weight excluding hydrogens is 292 g/mol. The Hall–Kier alpha value is -2.98. The summed E-state index contributed by atoms with van der Waals surface area (Å²) in [7, 11) is 0. The Bertz CT molecular complexity index is 774. The third kappa shape index (κ3) is 2.39. The number of benzene rings is 3. The fourth-order valence-corrected chi connectivity index (χ4v) is 2.70. The highest BCUT2D eigenvalue weighted by Gasteiger charge is 2.37. The molecule has 4 heteroatoms. The molecule has 0 saturated heterocycles. The lowest BCUT2D eigenvalue weighted by Gasteiger charge is -2.30. The van der Waals surface area contributed by atoms with E-state index in [1.54, 1.807) is 48.5 Å². The van der Waals surface area contributed by atoms with E-state index in [2.05, 4.69) is 0 Å². The zero-order valence-corrected chi connectivity index (χ0v) is 12.2. The molecule has 0 aromatic heterocycles. The first-order chi connectivity index (χ1) is 11.0. The van der Waals surface area contributed by atoms with Crippen LogP contribution in [-0.4, -0.2) is 20.4 Å². The first-order valence-electron chi connectivity index (χ1n) is 7.13. The lowest BCUT2D eigenvalue weighted by molar-refractivity contribution is 0.121. The summed E-state index contributed by atoms with van der Waals surface area (Å²) in [5.74, 6) is -1.66. The smallest absolute Gasteiger partial charge is 0.200 e. The van der Waals surface area contributed by atoms with E-state index in [-0.39, 0.29) is 5.56 Å². The molecule has 0 aliphatic heterocycles. The second-order valence-electron chi connectivity index (χ2n) is 5.27. The van der Waals surface area contributed by atoms with E-state index >= 15 is 0 Å². The molecule has 3 aromatic carbocycles. The van der Waals surface area contributed by atoms with Gasteiger partial charge in [-0.05, 0) is 23.3 Å². The Morgan fingerprint density at radius 1 is 0.565 bits per heavy atom. The van der Waals surface area contributed by atoms with Crippen molar-refractivity contribution in [3.05, 3.63) is 89.5 Å². The Labute approximate surface area is 133 Å². The zero-order valence-electron chi connectivity index (χ0n) is 12.2. The van der Waals surface area contributed by atoms with Gasteiger partial charge >= 0.3 is 0 Å². The molecule has 0 fully saturated rings. The maximum Gasteiger partial charge on any atom is 0.200 e. The van der Waals surface area contributed by atoms with E-state index in [4.69, 9.17) is 0 Å². The highest BCUT2D eigenvalue weighted by molar-refractivity contribution is 5.60. The van der Waals surface area contributed by atoms with Crippen molar-refractivity contribution in [2.45, 2.75) is 5.60 Å². The summed E-state index contributed by atoms with van der Waals surface area (Å²) in [5, 5.41) is 41.1. The number of rotatable bonds is 3. The molecule has 23 heavy (non-hydrogen) atoms. The summed E-state index contributed by atoms with van der Waals surface area (Å²) < 4.78 is 0. The van der Waals surface area contributed by atoms with Gasteiger partial charge in [0.05, 0.1) is 0 Å². The van der Waals surface area contributed by atoms with Crippen LogP contribution in [0.4, 0.5) is 0 Å². The summed E-state index contributed by atoms with van der Waals surface area (Å²) in [5.41, 5.74) is -0.513. The minimum atomic E-state index is -1.67. The maximum atomic E-state index is 11.5. The van der Waals surface area contributed by atoms with Crippen LogP contribution in [0.3, 0.4) is 0 Å². The van der Waals surface area contributed by atoms with Crippen molar-refractivity contribution >= 4 is 0 Å². The average Bonchev–Trinajstić information content (AvgIpc) is 2.61. The molecule has 0 amide bonds. The standard InChI is InChI=1S/C19H16O4/c20-16-12-11-15(17(21)18(16)22)19(23,13-7-3-1-4-8-13)14-9-5-2-6-10-14/h1-12,20-23H. The molecule has 0 unspecified atom stereocenters. The molecule has 0 aliphatic carbocycles. The second kappa shape index (κ2) is 5.66. The van der Waals surface area contributed by atoms with Gasteiger partial charge in [-0.15, -0.1) is 0 Å². The minimum absolute atomic E-state index is 0.0881. The van der Waals surface area contributed by atoms with Gasteiger partial charge in [0.15, 0.2) is 11.5 Å². The molecule has 0 spiro atoms. The van der Waals surface area contributed by atoms with Crippen molar-refractivity contribution in [1.82, 2.24) is 0 Å². The van der Waals surface area contributed by atoms with E-state index in [0.717, 1.165) is 0 Å². The largest absolute Gasteiger partial charge is 0.504 e. The van der Waals surface area contributed by atoms with Crippen LogP contribution in [0.2, 0.25) is 0 Å². The number of aromatic hydroxyl groups is 3. The molecule has 116 valence electrons. The fourth-order valence-electron chi connectivity index (χ4n) is 2.70. The van der Waals surface area contributed by atoms with Crippen molar-refractivity contribution in [3.8, 4) is 17.2 Å². The monoisotopic (exact) mass is 308 g/mol. The van der Waals surface area contributed by atoms with Crippen LogP contribution >= 0.6 is 0 Å². The van der Waals surface area contributed by atoms with E-state index in [0.29, 0.717) is 11.1 Å². The fraction of sp³-hybridized carbons (Fsp3) is 0.0526. The maximum absolute atomic E-state index is 11.5. The predicted octanol–water partition coefficient (Wildman–Crippen LogP) is 3.09. The summed E-state index contributed by atoms with van der Waals surface area (Å²) in [4.78, 5) is 0. The number of phenols is 3. The van der Waals surface area contributed by atoms with E-state index in [9.17, 15) is 20.4 Å². The molecule has 0 bridgehead atoms.